The Labute approximate surface area is 526 Å². The second-order valence-electron chi connectivity index (χ2n) is 25.1. The molecule has 2 fully saturated rings. The number of halogens is 2. The van der Waals surface area contributed by atoms with Crippen LogP contribution in [-0.4, -0.2) is 102 Å². The number of thiazole rings is 2. The molecule has 3 atom stereocenters. The average molecular weight is 1250 g/mol. The van der Waals surface area contributed by atoms with Gasteiger partial charge in [0, 0.05) is 106 Å². The molecular formula is C69H75Cl2N7O7S2. The summed E-state index contributed by atoms with van der Waals surface area (Å²) in [4.78, 5) is 38.8. The molecule has 1 aliphatic heterocycles. The van der Waals surface area contributed by atoms with Gasteiger partial charge in [-0.05, 0) is 177 Å². The zero-order valence-corrected chi connectivity index (χ0v) is 54.8. The number of ether oxygens (including phenoxy) is 4. The minimum atomic E-state index is -1.16. The summed E-state index contributed by atoms with van der Waals surface area (Å²) < 4.78 is 29.3. The lowest BCUT2D eigenvalue weighted by molar-refractivity contribution is -0.166. The number of carbonyl (C=O) groups is 2. The molecule has 454 valence electrons. The number of hydrogen-bond acceptors (Lipinski definition) is 13. The zero-order chi connectivity index (χ0) is 62.0. The van der Waals surface area contributed by atoms with Crippen LogP contribution in [0.4, 0.5) is 0 Å². The molecule has 5 heterocycles. The fraction of sp³-hybridized carbons (Fsp3) is 0.391. The van der Waals surface area contributed by atoms with Crippen LogP contribution < -0.4 is 0 Å². The van der Waals surface area contributed by atoms with Crippen molar-refractivity contribution < 1.29 is 33.6 Å². The molecule has 2 aliphatic rings. The van der Waals surface area contributed by atoms with Gasteiger partial charge in [-0.25, -0.2) is 19.6 Å². The first-order chi connectivity index (χ1) is 41.4. The number of carbonyl (C=O) groups excluding carboxylic acids is 1. The van der Waals surface area contributed by atoms with Gasteiger partial charge in [0.2, 0.25) is 0 Å². The molecule has 1 unspecified atom stereocenters. The fourth-order valence-corrected chi connectivity index (χ4v) is 14.6. The highest BCUT2D eigenvalue weighted by atomic mass is 35.5. The number of methoxy groups -OCH3 is 1. The van der Waals surface area contributed by atoms with Crippen molar-refractivity contribution in [1.82, 2.24) is 34.4 Å². The number of carboxylic acid groups (broad SMARTS) is 1. The van der Waals surface area contributed by atoms with Crippen LogP contribution in [0.5, 0.6) is 0 Å². The molecule has 0 bridgehead atoms. The summed E-state index contributed by atoms with van der Waals surface area (Å²) in [6.45, 7) is 22.3. The van der Waals surface area contributed by atoms with Gasteiger partial charge in [-0.1, -0.05) is 53.9 Å². The third kappa shape index (κ3) is 12.7. The maximum absolute atomic E-state index is 13.4. The Balaban J connectivity index is 0.000000181. The number of carboxylic acids is 1. The summed E-state index contributed by atoms with van der Waals surface area (Å²) >= 11 is 15.8. The number of aryl methyl sites for hydroxylation is 4. The van der Waals surface area contributed by atoms with E-state index in [1.165, 1.54) is 30.3 Å². The normalized spacial score (nSPS) is 15.4. The SMILES string of the molecule is CCOC(=O)[C@@H](OC(C)(C)C)c1c(C)cc2nc(-c3ccc4c(c3)c(C3CCC3)nn4C)sc2c1-c1ccc(Cl)cc1.COCC(C)N1CC(c2nn(C)c3ccc(-c4nc5cc(C)c([C@H](OC(C)(C)C)C(=O)O)c(-c6ccc(Cl)cc6)c5s4)cc23)C1. The predicted molar refractivity (Wildman–Crippen MR) is 353 cm³/mol. The highest BCUT2D eigenvalue weighted by molar-refractivity contribution is 7.22. The molecule has 14 nitrogen and oxygen atoms in total. The van der Waals surface area contributed by atoms with Crippen LogP contribution in [-0.2, 0) is 42.6 Å². The van der Waals surface area contributed by atoms with Gasteiger partial charge in [0.25, 0.3) is 0 Å². The Morgan fingerprint density at radius 2 is 1.09 bits per heavy atom. The number of nitrogens with zero attached hydrogens (tertiary/aromatic N) is 7. The summed E-state index contributed by atoms with van der Waals surface area (Å²) in [7, 11) is 5.76. The van der Waals surface area contributed by atoms with Gasteiger partial charge in [-0.15, -0.1) is 22.7 Å². The summed E-state index contributed by atoms with van der Waals surface area (Å²) in [5, 5.41) is 25.6. The quantitative estimate of drug-likeness (QED) is 0.0915. The van der Waals surface area contributed by atoms with E-state index in [-0.39, 0.29) is 6.61 Å². The van der Waals surface area contributed by atoms with Gasteiger partial charge in [0.1, 0.15) is 10.0 Å². The Bertz CT molecular complexity index is 4220. The number of aromatic nitrogens is 6. The van der Waals surface area contributed by atoms with Gasteiger partial charge < -0.3 is 24.1 Å². The van der Waals surface area contributed by atoms with E-state index in [4.69, 9.17) is 62.3 Å². The number of benzene rings is 6. The van der Waals surface area contributed by atoms with Crippen LogP contribution in [0, 0.1) is 13.8 Å². The maximum atomic E-state index is 13.4. The molecule has 18 heteroatoms. The van der Waals surface area contributed by atoms with Gasteiger partial charge >= 0.3 is 11.9 Å². The van der Waals surface area contributed by atoms with E-state index in [1.54, 1.807) is 29.8 Å². The van der Waals surface area contributed by atoms with E-state index >= 15 is 0 Å². The first-order valence-corrected chi connectivity index (χ1v) is 32.1. The summed E-state index contributed by atoms with van der Waals surface area (Å²) in [5.74, 6) is -0.548. The van der Waals surface area contributed by atoms with Crippen molar-refractivity contribution in [1.29, 1.82) is 0 Å². The van der Waals surface area contributed by atoms with Crippen LogP contribution in [0.25, 0.3) is 85.6 Å². The first kappa shape index (κ1) is 62.0. The smallest absolute Gasteiger partial charge is 0.339 e. The van der Waals surface area contributed by atoms with Crippen molar-refractivity contribution in [3.05, 3.63) is 141 Å². The van der Waals surface area contributed by atoms with Gasteiger partial charge in [0.05, 0.1) is 67.3 Å². The van der Waals surface area contributed by atoms with Crippen molar-refractivity contribution in [2.24, 2.45) is 14.1 Å². The average Bonchev–Trinajstić information content (AvgIpc) is 1.76. The monoisotopic (exact) mass is 1250 g/mol. The Morgan fingerprint density at radius 3 is 1.51 bits per heavy atom. The lowest BCUT2D eigenvalue weighted by Crippen LogP contribution is -2.51. The number of hydrogen-bond donors (Lipinski definition) is 1. The molecule has 6 aromatic carbocycles. The van der Waals surface area contributed by atoms with E-state index < -0.39 is 35.3 Å². The molecule has 1 saturated carbocycles. The van der Waals surface area contributed by atoms with Gasteiger partial charge in [-0.2, -0.15) is 10.2 Å². The number of likely N-dealkylation sites (tertiary alicyclic amines) is 1. The van der Waals surface area contributed by atoms with Crippen molar-refractivity contribution in [3.8, 4) is 43.4 Å². The van der Waals surface area contributed by atoms with Crippen molar-refractivity contribution >= 4 is 100 Å². The highest BCUT2D eigenvalue weighted by Gasteiger charge is 2.37. The number of fused-ring (bicyclic) bond motifs is 4. The van der Waals surface area contributed by atoms with E-state index in [9.17, 15) is 14.7 Å². The maximum Gasteiger partial charge on any atom is 0.339 e. The molecular weight excluding hydrogens is 1170 g/mol. The van der Waals surface area contributed by atoms with Gasteiger partial charge in [0.15, 0.2) is 12.2 Å². The van der Waals surface area contributed by atoms with Gasteiger partial charge in [-0.3, -0.25) is 14.3 Å². The molecule has 4 aromatic heterocycles. The molecule has 0 radical (unpaired) electrons. The molecule has 0 amide bonds. The molecule has 1 N–H and O–H groups in total. The largest absolute Gasteiger partial charge is 0.479 e. The Morgan fingerprint density at radius 1 is 0.655 bits per heavy atom. The summed E-state index contributed by atoms with van der Waals surface area (Å²) in [6.07, 6.45) is 1.60. The third-order valence-electron chi connectivity index (χ3n) is 16.4. The Kier molecular flexibility index (Phi) is 17.7. The van der Waals surface area contributed by atoms with E-state index in [0.717, 1.165) is 116 Å². The minimum Gasteiger partial charge on any atom is -0.479 e. The molecule has 10 aromatic rings. The van der Waals surface area contributed by atoms with E-state index in [0.29, 0.717) is 40.1 Å². The van der Waals surface area contributed by atoms with Crippen LogP contribution in [0.1, 0.15) is 132 Å². The summed E-state index contributed by atoms with van der Waals surface area (Å²) in [5.41, 5.74) is 13.7. The molecule has 0 spiro atoms. The minimum absolute atomic E-state index is 0.269. The topological polar surface area (TPSA) is 156 Å². The third-order valence-corrected chi connectivity index (χ3v) is 19.2. The zero-order valence-electron chi connectivity index (χ0n) is 51.7. The van der Waals surface area contributed by atoms with Crippen LogP contribution in [0.3, 0.4) is 0 Å². The predicted octanol–water partition coefficient (Wildman–Crippen LogP) is 17.0. The summed E-state index contributed by atoms with van der Waals surface area (Å²) in [6, 6.07) is 32.6. The number of esters is 1. The molecule has 1 saturated heterocycles. The molecule has 12 rings (SSSR count). The fourth-order valence-electron chi connectivity index (χ4n) is 12.1. The lowest BCUT2D eigenvalue weighted by atomic mass is 9.82. The number of rotatable bonds is 16. The number of aliphatic carboxylic acids is 1. The van der Waals surface area contributed by atoms with Crippen molar-refractivity contribution in [3.63, 3.8) is 0 Å². The second kappa shape index (κ2) is 24.8. The standard InChI is InChI=1S/C35H39ClN4O4S.C34H36ClN3O3S/c1-19-14-26-32(29(21-8-11-24(36)12-9-21)28(19)31(34(41)42)44-35(3,4)5)45-33(37-26)22-10-13-27-25(15-22)30(38-39(27)6)23-16-40(17-23)20(2)18-43-7;1-7-40-33(39)30(41-34(3,4)5)27-19(2)17-25-31(28(27)20-11-14-23(35)15-12-20)42-32(36-25)22-13-16-26-24(18-22)29(37-38(26)6)21-9-8-10-21/h8-15,20,23,31H,16-18H2,1-7H3,(H,41,42);11-18,21,30H,7-10H2,1-6H3/t20?,31-;30-/m00/s1. The van der Waals surface area contributed by atoms with Crippen LogP contribution in [0.15, 0.2) is 97.1 Å². The van der Waals surface area contributed by atoms with Crippen LogP contribution >= 0.6 is 45.9 Å². The van der Waals surface area contributed by atoms with Crippen molar-refractivity contribution in [2.75, 3.05) is 33.4 Å². The van der Waals surface area contributed by atoms with E-state index in [2.05, 4.69) is 54.3 Å². The lowest BCUT2D eigenvalue weighted by Gasteiger charge is -2.42. The van der Waals surface area contributed by atoms with E-state index in [1.807, 2.05) is 140 Å². The Hall–Kier alpha value is -6.60. The second-order valence-corrected chi connectivity index (χ2v) is 28.0. The molecule has 1 aliphatic carbocycles. The van der Waals surface area contributed by atoms with Crippen molar-refractivity contribution in [2.45, 2.75) is 130 Å². The first-order valence-electron chi connectivity index (χ1n) is 29.7. The highest BCUT2D eigenvalue weighted by Crippen LogP contribution is 2.48. The molecule has 87 heavy (non-hydrogen) atoms. The van der Waals surface area contributed by atoms with Crippen LogP contribution in [0.2, 0.25) is 10.0 Å².